The van der Waals surface area contributed by atoms with Gasteiger partial charge in [-0.15, -0.1) is 0 Å². The second-order valence-electron chi connectivity index (χ2n) is 5.67. The van der Waals surface area contributed by atoms with Crippen LogP contribution in [0, 0.1) is 6.92 Å². The molecule has 0 aromatic heterocycles. The maximum Gasteiger partial charge on any atom is 0.412 e. The molecule has 0 unspecified atom stereocenters. The smallest absolute Gasteiger partial charge is 0.412 e. The third-order valence-electron chi connectivity index (χ3n) is 3.71. The summed E-state index contributed by atoms with van der Waals surface area (Å²) in [6, 6.07) is 13.9. The Morgan fingerprint density at radius 1 is 1.11 bits per heavy atom. The number of aryl methyl sites for hydroxylation is 1. The molecule has 0 bridgehead atoms. The van der Waals surface area contributed by atoms with Crippen molar-refractivity contribution in [2.75, 3.05) is 7.11 Å². The van der Waals surface area contributed by atoms with Gasteiger partial charge in [0.2, 0.25) is 5.91 Å². The quantitative estimate of drug-likeness (QED) is 0.602. The summed E-state index contributed by atoms with van der Waals surface area (Å²) in [4.78, 5) is 35.2. The Morgan fingerprint density at radius 3 is 2.41 bits per heavy atom. The van der Waals surface area contributed by atoms with E-state index in [9.17, 15) is 14.4 Å². The van der Waals surface area contributed by atoms with Gasteiger partial charge in [-0.3, -0.25) is 10.1 Å². The molecular formula is C20H20N2O5. The van der Waals surface area contributed by atoms with E-state index in [1.807, 2.05) is 30.3 Å². The monoisotopic (exact) mass is 368 g/mol. The van der Waals surface area contributed by atoms with E-state index >= 15 is 0 Å². The number of nitrogens with two attached hydrogens (primary N) is 1. The summed E-state index contributed by atoms with van der Waals surface area (Å²) < 4.78 is 9.81. The van der Waals surface area contributed by atoms with E-state index in [1.54, 1.807) is 19.1 Å². The van der Waals surface area contributed by atoms with Crippen molar-refractivity contribution < 1.29 is 23.9 Å². The minimum atomic E-state index is -0.790. The number of alkyl carbamates (subject to hydrolysis) is 1. The molecule has 7 heteroatoms. The fourth-order valence-electron chi connectivity index (χ4n) is 2.27. The molecule has 0 radical (unpaired) electrons. The first-order valence-electron chi connectivity index (χ1n) is 8.09. The minimum Gasteiger partial charge on any atom is -0.464 e. The van der Waals surface area contributed by atoms with Crippen LogP contribution in [0.5, 0.6) is 0 Å². The maximum absolute atomic E-state index is 12.0. The van der Waals surface area contributed by atoms with E-state index in [4.69, 9.17) is 15.2 Å². The summed E-state index contributed by atoms with van der Waals surface area (Å²) in [7, 11) is 1.20. The van der Waals surface area contributed by atoms with Gasteiger partial charge in [0.05, 0.1) is 7.11 Å². The van der Waals surface area contributed by atoms with E-state index in [-0.39, 0.29) is 12.3 Å². The van der Waals surface area contributed by atoms with E-state index in [2.05, 4.69) is 5.32 Å². The number of primary amides is 1. The van der Waals surface area contributed by atoms with Crippen LogP contribution in [0.2, 0.25) is 0 Å². The average Bonchev–Trinajstić information content (AvgIpc) is 2.67. The molecule has 0 saturated carbocycles. The largest absolute Gasteiger partial charge is 0.464 e. The lowest BCUT2D eigenvalue weighted by atomic mass is 10.0. The number of benzene rings is 2. The zero-order valence-corrected chi connectivity index (χ0v) is 15.0. The normalized spacial score (nSPS) is 10.8. The van der Waals surface area contributed by atoms with Crippen molar-refractivity contribution in [3.63, 3.8) is 0 Å². The Labute approximate surface area is 156 Å². The van der Waals surface area contributed by atoms with Gasteiger partial charge in [0.15, 0.2) is 0 Å². The number of carbonyl (C=O) groups excluding carboxylic acids is 3. The van der Waals surface area contributed by atoms with Crippen molar-refractivity contribution in [2.24, 2.45) is 5.73 Å². The average molecular weight is 368 g/mol. The van der Waals surface area contributed by atoms with Crippen molar-refractivity contribution in [2.45, 2.75) is 13.5 Å². The first kappa shape index (κ1) is 19.7. The molecule has 2 aromatic rings. The molecule has 0 aliphatic heterocycles. The third-order valence-corrected chi connectivity index (χ3v) is 3.71. The zero-order valence-electron chi connectivity index (χ0n) is 15.0. The van der Waals surface area contributed by atoms with E-state index in [0.29, 0.717) is 16.7 Å². The number of hydrogen-bond acceptors (Lipinski definition) is 5. The predicted molar refractivity (Wildman–Crippen MR) is 99.5 cm³/mol. The molecule has 2 amide bonds. The molecule has 2 rings (SSSR count). The molecule has 7 nitrogen and oxygen atoms in total. The van der Waals surface area contributed by atoms with E-state index in [0.717, 1.165) is 5.56 Å². The summed E-state index contributed by atoms with van der Waals surface area (Å²) in [6.07, 6.45) is 0.650. The number of methoxy groups -OCH3 is 1. The first-order valence-corrected chi connectivity index (χ1v) is 8.09. The molecule has 27 heavy (non-hydrogen) atoms. The molecule has 0 aliphatic carbocycles. The Hall–Kier alpha value is -3.61. The van der Waals surface area contributed by atoms with Gasteiger partial charge in [-0.2, -0.15) is 0 Å². The molecule has 0 saturated heterocycles. The first-order chi connectivity index (χ1) is 12.9. The highest BCUT2D eigenvalue weighted by molar-refractivity contribution is 5.97. The highest BCUT2D eigenvalue weighted by Crippen LogP contribution is 2.15. The molecular weight excluding hydrogens is 348 g/mol. The Bertz CT molecular complexity index is 875. The van der Waals surface area contributed by atoms with Gasteiger partial charge in [0, 0.05) is 5.56 Å². The van der Waals surface area contributed by atoms with Crippen molar-refractivity contribution in [1.29, 1.82) is 0 Å². The molecule has 0 heterocycles. The van der Waals surface area contributed by atoms with E-state index < -0.39 is 18.0 Å². The summed E-state index contributed by atoms with van der Waals surface area (Å²) in [5.41, 5.74) is 7.63. The number of rotatable bonds is 6. The van der Waals surface area contributed by atoms with Crippen LogP contribution in [-0.4, -0.2) is 25.1 Å². The number of nitrogens with one attached hydrogen (secondary N) is 1. The summed E-state index contributed by atoms with van der Waals surface area (Å²) >= 11 is 0. The van der Waals surface area contributed by atoms with Crippen LogP contribution in [0.1, 0.15) is 27.0 Å². The second-order valence-corrected chi connectivity index (χ2v) is 5.67. The molecule has 0 aliphatic rings. The van der Waals surface area contributed by atoms with Gasteiger partial charge in [0.25, 0.3) is 0 Å². The minimum absolute atomic E-state index is 0.0630. The zero-order chi connectivity index (χ0) is 19.8. The van der Waals surface area contributed by atoms with Gasteiger partial charge >= 0.3 is 12.1 Å². The van der Waals surface area contributed by atoms with Crippen LogP contribution < -0.4 is 11.1 Å². The van der Waals surface area contributed by atoms with Crippen molar-refractivity contribution >= 4 is 24.0 Å². The van der Waals surface area contributed by atoms with Gasteiger partial charge < -0.3 is 15.2 Å². The topological polar surface area (TPSA) is 108 Å². The Kier molecular flexibility index (Phi) is 6.71. The van der Waals surface area contributed by atoms with Gasteiger partial charge in [-0.25, -0.2) is 9.59 Å². The number of carbonyl (C=O) groups is 3. The van der Waals surface area contributed by atoms with Crippen LogP contribution in [-0.2, 0) is 20.9 Å². The Morgan fingerprint density at radius 2 is 1.81 bits per heavy atom. The van der Waals surface area contributed by atoms with Gasteiger partial charge in [-0.05, 0) is 41.8 Å². The lowest BCUT2D eigenvalue weighted by Gasteiger charge is -2.10. The van der Waals surface area contributed by atoms with Crippen molar-refractivity contribution in [3.05, 3.63) is 76.5 Å². The number of amides is 2. The SMILES string of the molecule is COC(=O)/C(=C/c1ccc(C(N)=O)cc1C)NC(=O)OCc1ccccc1. The van der Waals surface area contributed by atoms with Crippen LogP contribution in [0.25, 0.3) is 6.08 Å². The van der Waals surface area contributed by atoms with Crippen molar-refractivity contribution in [3.8, 4) is 0 Å². The maximum atomic E-state index is 12.0. The second kappa shape index (κ2) is 9.19. The highest BCUT2D eigenvalue weighted by Gasteiger charge is 2.15. The predicted octanol–water partition coefficient (Wildman–Crippen LogP) is 2.53. The summed E-state index contributed by atoms with van der Waals surface area (Å²) in [5, 5.41) is 2.38. The summed E-state index contributed by atoms with van der Waals surface area (Å²) in [5.74, 6) is -1.28. The molecule has 0 fully saturated rings. The third kappa shape index (κ3) is 5.71. The van der Waals surface area contributed by atoms with E-state index in [1.165, 1.54) is 19.3 Å². The molecule has 3 N–H and O–H groups in total. The fourth-order valence-corrected chi connectivity index (χ4v) is 2.27. The lowest BCUT2D eigenvalue weighted by molar-refractivity contribution is -0.136. The van der Waals surface area contributed by atoms with Crippen LogP contribution in [0.15, 0.2) is 54.2 Å². The standard InChI is InChI=1S/C20H20N2O5/c1-13-10-16(18(21)23)9-8-15(13)11-17(19(24)26-2)22-20(25)27-12-14-6-4-3-5-7-14/h3-11H,12H2,1-2H3,(H2,21,23)(H,22,25)/b17-11-. The number of ether oxygens (including phenoxy) is 2. The summed E-state index contributed by atoms with van der Waals surface area (Å²) in [6.45, 7) is 1.81. The van der Waals surface area contributed by atoms with Crippen LogP contribution >= 0.6 is 0 Å². The van der Waals surface area contributed by atoms with Crippen molar-refractivity contribution in [1.82, 2.24) is 5.32 Å². The molecule has 2 aromatic carbocycles. The number of hydrogen-bond donors (Lipinski definition) is 2. The Balaban J connectivity index is 2.15. The van der Waals surface area contributed by atoms with Crippen LogP contribution in [0.3, 0.4) is 0 Å². The lowest BCUT2D eigenvalue weighted by Crippen LogP contribution is -2.28. The molecule has 0 atom stereocenters. The number of esters is 1. The molecule has 140 valence electrons. The van der Waals surface area contributed by atoms with Gasteiger partial charge in [0.1, 0.15) is 12.3 Å². The van der Waals surface area contributed by atoms with Gasteiger partial charge in [-0.1, -0.05) is 36.4 Å². The fraction of sp³-hybridized carbons (Fsp3) is 0.150. The van der Waals surface area contributed by atoms with Crippen LogP contribution in [0.4, 0.5) is 4.79 Å². The molecule has 0 spiro atoms. The highest BCUT2D eigenvalue weighted by atomic mass is 16.6.